The van der Waals surface area contributed by atoms with E-state index in [0.717, 1.165) is 18.9 Å². The molecule has 3 N–H and O–H groups in total. The molecule has 0 fully saturated rings. The van der Waals surface area contributed by atoms with Crippen molar-refractivity contribution < 1.29 is 13.2 Å². The molecule has 0 aliphatic carbocycles. The molecular weight excluding hydrogens is 253 g/mol. The van der Waals surface area contributed by atoms with Crippen molar-refractivity contribution in [3.63, 3.8) is 0 Å². The van der Waals surface area contributed by atoms with Crippen LogP contribution in [0.1, 0.15) is 50.3 Å². The topological polar surface area (TPSA) is 38.0 Å². The Hall–Kier alpha value is -1.07. The zero-order valence-electron chi connectivity index (χ0n) is 11.3. The van der Waals surface area contributed by atoms with Gasteiger partial charge in [0.15, 0.2) is 0 Å². The lowest BCUT2D eigenvalue weighted by atomic mass is 9.91. The van der Waals surface area contributed by atoms with Crippen LogP contribution in [0.25, 0.3) is 0 Å². The summed E-state index contributed by atoms with van der Waals surface area (Å²) in [7, 11) is 0. The number of benzene rings is 1. The number of hydrogen-bond acceptors (Lipinski definition) is 2. The Balaban J connectivity index is 2.98. The Bertz CT molecular complexity index is 391. The Morgan fingerprint density at radius 2 is 1.89 bits per heavy atom. The zero-order valence-corrected chi connectivity index (χ0v) is 11.3. The van der Waals surface area contributed by atoms with E-state index >= 15 is 0 Å². The van der Waals surface area contributed by atoms with E-state index in [9.17, 15) is 13.2 Å². The number of hydrazine groups is 1. The summed E-state index contributed by atoms with van der Waals surface area (Å²) in [5.41, 5.74) is 2.13. The van der Waals surface area contributed by atoms with Gasteiger partial charge >= 0.3 is 6.18 Å². The van der Waals surface area contributed by atoms with Gasteiger partial charge in [-0.25, -0.2) is 0 Å². The van der Waals surface area contributed by atoms with Crippen molar-refractivity contribution in [2.45, 2.75) is 45.3 Å². The van der Waals surface area contributed by atoms with Crippen molar-refractivity contribution in [2.24, 2.45) is 11.8 Å². The third-order valence-corrected chi connectivity index (χ3v) is 3.26. The summed E-state index contributed by atoms with van der Waals surface area (Å²) in [5.74, 6) is 5.77. The maximum absolute atomic E-state index is 13.0. The fourth-order valence-electron chi connectivity index (χ4n) is 2.36. The van der Waals surface area contributed by atoms with Gasteiger partial charge in [0, 0.05) is 6.04 Å². The standard InChI is InChI=1S/C14H21F3N2/c1-3-6-10(2)9-13(19-18)11-7-4-5-8-12(11)14(15,16)17/h4-5,7-8,10,13,19H,3,6,9,18H2,1-2H3. The van der Waals surface area contributed by atoms with Gasteiger partial charge in [0.25, 0.3) is 0 Å². The smallest absolute Gasteiger partial charge is 0.271 e. The Morgan fingerprint density at radius 3 is 2.42 bits per heavy atom. The van der Waals surface area contributed by atoms with Crippen LogP contribution in [0.2, 0.25) is 0 Å². The van der Waals surface area contributed by atoms with Crippen LogP contribution >= 0.6 is 0 Å². The summed E-state index contributed by atoms with van der Waals surface area (Å²) < 4.78 is 38.9. The molecule has 0 saturated carbocycles. The fraction of sp³-hybridized carbons (Fsp3) is 0.571. The Morgan fingerprint density at radius 1 is 1.26 bits per heavy atom. The molecule has 0 amide bonds. The number of hydrogen-bond donors (Lipinski definition) is 2. The van der Waals surface area contributed by atoms with E-state index in [-0.39, 0.29) is 5.56 Å². The van der Waals surface area contributed by atoms with Gasteiger partial charge in [0.2, 0.25) is 0 Å². The predicted molar refractivity (Wildman–Crippen MR) is 70.2 cm³/mol. The number of alkyl halides is 3. The molecule has 2 unspecified atom stereocenters. The highest BCUT2D eigenvalue weighted by Gasteiger charge is 2.34. The van der Waals surface area contributed by atoms with E-state index in [1.807, 2.05) is 6.92 Å². The highest BCUT2D eigenvalue weighted by molar-refractivity contribution is 5.32. The maximum atomic E-state index is 13.0. The molecule has 0 heterocycles. The van der Waals surface area contributed by atoms with Gasteiger partial charge in [-0.05, 0) is 24.0 Å². The molecule has 0 bridgehead atoms. The van der Waals surface area contributed by atoms with Crippen molar-refractivity contribution in [1.82, 2.24) is 5.43 Å². The minimum absolute atomic E-state index is 0.223. The minimum atomic E-state index is -4.35. The van der Waals surface area contributed by atoms with Crippen LogP contribution in [0, 0.1) is 5.92 Å². The normalized spacial score (nSPS) is 15.3. The third kappa shape index (κ3) is 4.51. The van der Waals surface area contributed by atoms with Gasteiger partial charge in [-0.1, -0.05) is 44.9 Å². The first-order valence-electron chi connectivity index (χ1n) is 6.52. The number of rotatable bonds is 6. The quantitative estimate of drug-likeness (QED) is 0.607. The lowest BCUT2D eigenvalue weighted by Crippen LogP contribution is -2.31. The van der Waals surface area contributed by atoms with Gasteiger partial charge in [0.05, 0.1) is 5.56 Å². The average Bonchev–Trinajstić information content (AvgIpc) is 2.35. The van der Waals surface area contributed by atoms with Crippen molar-refractivity contribution in [2.75, 3.05) is 0 Å². The van der Waals surface area contributed by atoms with E-state index in [0.29, 0.717) is 12.3 Å². The summed E-state index contributed by atoms with van der Waals surface area (Å²) in [6.07, 6.45) is -1.76. The molecule has 0 spiro atoms. The largest absolute Gasteiger partial charge is 0.416 e. The monoisotopic (exact) mass is 274 g/mol. The van der Waals surface area contributed by atoms with Crippen LogP contribution in [-0.2, 0) is 6.18 Å². The number of nitrogens with two attached hydrogens (primary N) is 1. The molecule has 1 aromatic rings. The summed E-state index contributed by atoms with van der Waals surface area (Å²) in [6, 6.07) is 5.13. The van der Waals surface area contributed by atoms with Crippen molar-refractivity contribution in [3.05, 3.63) is 35.4 Å². The van der Waals surface area contributed by atoms with Crippen LogP contribution in [0.4, 0.5) is 13.2 Å². The van der Waals surface area contributed by atoms with Gasteiger partial charge in [0.1, 0.15) is 0 Å². The van der Waals surface area contributed by atoms with E-state index in [1.54, 1.807) is 6.07 Å². The molecule has 0 aliphatic heterocycles. The highest BCUT2D eigenvalue weighted by atomic mass is 19.4. The second kappa shape index (κ2) is 6.91. The fourth-order valence-corrected chi connectivity index (χ4v) is 2.36. The highest BCUT2D eigenvalue weighted by Crippen LogP contribution is 2.36. The number of halogens is 3. The van der Waals surface area contributed by atoms with E-state index in [1.165, 1.54) is 12.1 Å². The van der Waals surface area contributed by atoms with Crippen LogP contribution in [0.3, 0.4) is 0 Å². The second-order valence-electron chi connectivity index (χ2n) is 4.93. The summed E-state index contributed by atoms with van der Waals surface area (Å²) in [5, 5.41) is 0. The van der Waals surface area contributed by atoms with Crippen LogP contribution in [-0.4, -0.2) is 0 Å². The first kappa shape index (κ1) is 16.0. The molecule has 1 aromatic carbocycles. The Kier molecular flexibility index (Phi) is 5.82. The molecule has 0 aliphatic rings. The molecule has 0 saturated heterocycles. The molecule has 1 rings (SSSR count). The molecule has 0 radical (unpaired) electrons. The van der Waals surface area contributed by atoms with Crippen molar-refractivity contribution in [3.8, 4) is 0 Å². The van der Waals surface area contributed by atoms with E-state index in [4.69, 9.17) is 5.84 Å². The van der Waals surface area contributed by atoms with E-state index in [2.05, 4.69) is 12.3 Å². The first-order chi connectivity index (χ1) is 8.90. The maximum Gasteiger partial charge on any atom is 0.416 e. The molecule has 2 nitrogen and oxygen atoms in total. The molecule has 108 valence electrons. The Labute approximate surface area is 112 Å². The van der Waals surface area contributed by atoms with Crippen molar-refractivity contribution in [1.29, 1.82) is 0 Å². The summed E-state index contributed by atoms with van der Waals surface area (Å²) in [4.78, 5) is 0. The van der Waals surface area contributed by atoms with Gasteiger partial charge in [-0.2, -0.15) is 13.2 Å². The molecule has 19 heavy (non-hydrogen) atoms. The molecule has 2 atom stereocenters. The molecule has 5 heteroatoms. The minimum Gasteiger partial charge on any atom is -0.271 e. The number of nitrogens with one attached hydrogen (secondary N) is 1. The predicted octanol–water partition coefficient (Wildman–Crippen LogP) is 4.04. The van der Waals surface area contributed by atoms with Crippen LogP contribution in [0.15, 0.2) is 24.3 Å². The van der Waals surface area contributed by atoms with E-state index < -0.39 is 17.8 Å². The SMILES string of the molecule is CCCC(C)CC(NN)c1ccccc1C(F)(F)F. The summed E-state index contributed by atoms with van der Waals surface area (Å²) in [6.45, 7) is 4.09. The molecule has 0 aromatic heterocycles. The van der Waals surface area contributed by atoms with Crippen LogP contribution in [0.5, 0.6) is 0 Å². The second-order valence-corrected chi connectivity index (χ2v) is 4.93. The van der Waals surface area contributed by atoms with Gasteiger partial charge in [-0.3, -0.25) is 11.3 Å². The summed E-state index contributed by atoms with van der Waals surface area (Å²) >= 11 is 0. The van der Waals surface area contributed by atoms with Crippen molar-refractivity contribution >= 4 is 0 Å². The lowest BCUT2D eigenvalue weighted by Gasteiger charge is -2.23. The zero-order chi connectivity index (χ0) is 14.5. The van der Waals surface area contributed by atoms with Gasteiger partial charge in [-0.15, -0.1) is 0 Å². The van der Waals surface area contributed by atoms with Gasteiger partial charge < -0.3 is 0 Å². The average molecular weight is 274 g/mol. The van der Waals surface area contributed by atoms with Crippen LogP contribution < -0.4 is 11.3 Å². The lowest BCUT2D eigenvalue weighted by molar-refractivity contribution is -0.138. The molecular formula is C14H21F3N2. The first-order valence-corrected chi connectivity index (χ1v) is 6.52. The third-order valence-electron chi connectivity index (χ3n) is 3.26.